The zero-order valence-corrected chi connectivity index (χ0v) is 18.1. The minimum absolute atomic E-state index is 0. The van der Waals surface area contributed by atoms with Crippen LogP contribution in [0, 0.1) is 0 Å². The fourth-order valence-corrected chi connectivity index (χ4v) is 4.06. The molecule has 0 amide bonds. The van der Waals surface area contributed by atoms with Crippen molar-refractivity contribution in [3.05, 3.63) is 80.9 Å². The highest BCUT2D eigenvalue weighted by atomic mass is 35.5. The van der Waals surface area contributed by atoms with Crippen molar-refractivity contribution in [3.63, 3.8) is 0 Å². The lowest BCUT2D eigenvalue weighted by atomic mass is 9.92. The molecule has 1 aliphatic rings. The van der Waals surface area contributed by atoms with Gasteiger partial charge < -0.3 is 15.4 Å². The molecule has 0 fully saturated rings. The van der Waals surface area contributed by atoms with Gasteiger partial charge in [0.25, 0.3) is 5.56 Å². The predicted molar refractivity (Wildman–Crippen MR) is 124 cm³/mol. The Morgan fingerprint density at radius 3 is 2.73 bits per heavy atom. The van der Waals surface area contributed by atoms with Crippen LogP contribution in [0.2, 0.25) is 5.02 Å². The van der Waals surface area contributed by atoms with Crippen molar-refractivity contribution >= 4 is 40.5 Å². The molecular formula is C23H25Cl2N3O2. The summed E-state index contributed by atoms with van der Waals surface area (Å²) in [5, 5.41) is 13.8. The van der Waals surface area contributed by atoms with Gasteiger partial charge in [0.1, 0.15) is 5.82 Å². The SMILES string of the molecule is Cl.O=c1[nH]c(CCCC2CC(c3ccc(CO)cc3)=CCN2)nc2c(Cl)cccc12. The number of H-pyrrole nitrogens is 1. The average Bonchev–Trinajstić information content (AvgIpc) is 2.75. The fraction of sp³-hybridized carbons (Fsp3) is 0.304. The number of aromatic nitrogens is 2. The van der Waals surface area contributed by atoms with E-state index in [9.17, 15) is 9.90 Å². The number of aliphatic hydroxyl groups excluding tert-OH is 1. The highest BCUT2D eigenvalue weighted by Gasteiger charge is 2.16. The standard InChI is InChI=1S/C23H24ClN3O2.ClH/c24-20-5-2-4-19-22(20)26-21(27-23(19)29)6-1-3-18-13-17(11-12-25-18)16-9-7-15(14-28)8-10-16;/h2,4-5,7-11,18,25,28H,1,3,6,12-14H2,(H,26,27,29);1H. The van der Waals surface area contributed by atoms with Crippen LogP contribution in [-0.4, -0.2) is 27.7 Å². The summed E-state index contributed by atoms with van der Waals surface area (Å²) in [7, 11) is 0. The van der Waals surface area contributed by atoms with Gasteiger partial charge in [0, 0.05) is 19.0 Å². The van der Waals surface area contributed by atoms with Crippen LogP contribution in [0.15, 0.2) is 53.3 Å². The third-order valence-electron chi connectivity index (χ3n) is 5.43. The molecule has 5 nitrogen and oxygen atoms in total. The Labute approximate surface area is 186 Å². The molecule has 0 aliphatic carbocycles. The predicted octanol–water partition coefficient (Wildman–Crippen LogP) is 4.26. The summed E-state index contributed by atoms with van der Waals surface area (Å²) >= 11 is 6.20. The number of nitrogens with one attached hydrogen (secondary N) is 2. The molecule has 0 spiro atoms. The Hall–Kier alpha value is -2.18. The maximum absolute atomic E-state index is 12.3. The van der Waals surface area contributed by atoms with E-state index < -0.39 is 0 Å². The number of halogens is 2. The first-order chi connectivity index (χ1) is 14.1. The van der Waals surface area contributed by atoms with Crippen LogP contribution >= 0.6 is 24.0 Å². The lowest BCUT2D eigenvalue weighted by molar-refractivity contribution is 0.282. The molecule has 158 valence electrons. The van der Waals surface area contributed by atoms with Gasteiger partial charge in [-0.1, -0.05) is 48.0 Å². The number of benzene rings is 2. The molecule has 0 bridgehead atoms. The van der Waals surface area contributed by atoms with Crippen molar-refractivity contribution in [2.45, 2.75) is 38.3 Å². The Morgan fingerprint density at radius 1 is 1.17 bits per heavy atom. The second-order valence-corrected chi connectivity index (χ2v) is 7.84. The first-order valence-electron chi connectivity index (χ1n) is 9.94. The van der Waals surface area contributed by atoms with Crippen molar-refractivity contribution < 1.29 is 5.11 Å². The summed E-state index contributed by atoms with van der Waals surface area (Å²) < 4.78 is 0. The Kier molecular flexibility index (Phi) is 7.67. The van der Waals surface area contributed by atoms with E-state index in [1.54, 1.807) is 18.2 Å². The monoisotopic (exact) mass is 445 g/mol. The summed E-state index contributed by atoms with van der Waals surface area (Å²) in [6.45, 7) is 0.919. The van der Waals surface area contributed by atoms with Crippen LogP contribution in [0.1, 0.15) is 36.2 Å². The minimum Gasteiger partial charge on any atom is -0.392 e. The number of fused-ring (bicyclic) bond motifs is 1. The van der Waals surface area contributed by atoms with Gasteiger partial charge in [0.05, 0.1) is 22.5 Å². The molecule has 3 aromatic rings. The number of nitrogens with zero attached hydrogens (tertiary/aromatic N) is 1. The van der Waals surface area contributed by atoms with Crippen LogP contribution in [0.3, 0.4) is 0 Å². The maximum atomic E-state index is 12.3. The number of rotatable bonds is 6. The van der Waals surface area contributed by atoms with E-state index in [1.165, 1.54) is 11.1 Å². The van der Waals surface area contributed by atoms with E-state index in [0.29, 0.717) is 34.2 Å². The third kappa shape index (κ3) is 5.10. The van der Waals surface area contributed by atoms with E-state index >= 15 is 0 Å². The van der Waals surface area contributed by atoms with Gasteiger partial charge in [-0.05, 0) is 48.1 Å². The number of aryl methyl sites for hydroxylation is 1. The van der Waals surface area contributed by atoms with Crippen LogP contribution in [0.25, 0.3) is 16.5 Å². The van der Waals surface area contributed by atoms with Crippen molar-refractivity contribution in [1.29, 1.82) is 0 Å². The molecule has 0 saturated heterocycles. The largest absolute Gasteiger partial charge is 0.392 e. The van der Waals surface area contributed by atoms with Crippen LogP contribution < -0.4 is 10.9 Å². The first-order valence-corrected chi connectivity index (χ1v) is 10.3. The van der Waals surface area contributed by atoms with E-state index in [1.807, 2.05) is 12.1 Å². The van der Waals surface area contributed by atoms with Gasteiger partial charge in [0.15, 0.2) is 0 Å². The lowest BCUT2D eigenvalue weighted by Crippen LogP contribution is -2.33. The van der Waals surface area contributed by atoms with Gasteiger partial charge in [0.2, 0.25) is 0 Å². The Morgan fingerprint density at radius 2 is 1.97 bits per heavy atom. The quantitative estimate of drug-likeness (QED) is 0.529. The van der Waals surface area contributed by atoms with Gasteiger partial charge in [-0.2, -0.15) is 0 Å². The zero-order valence-electron chi connectivity index (χ0n) is 16.5. The molecular weight excluding hydrogens is 421 g/mol. The Balaban J connectivity index is 0.00000256. The average molecular weight is 446 g/mol. The lowest BCUT2D eigenvalue weighted by Gasteiger charge is -2.24. The van der Waals surface area contributed by atoms with Gasteiger partial charge in [-0.3, -0.25) is 4.79 Å². The molecule has 7 heteroatoms. The highest BCUT2D eigenvalue weighted by molar-refractivity contribution is 6.34. The molecule has 0 saturated carbocycles. The first kappa shape index (κ1) is 22.5. The summed E-state index contributed by atoms with van der Waals surface area (Å²) in [5.74, 6) is 0.682. The number of aliphatic hydroxyl groups is 1. The highest BCUT2D eigenvalue weighted by Crippen LogP contribution is 2.25. The summed E-state index contributed by atoms with van der Waals surface area (Å²) in [5.41, 5.74) is 3.91. The van der Waals surface area contributed by atoms with Crippen molar-refractivity contribution in [3.8, 4) is 0 Å². The summed E-state index contributed by atoms with van der Waals surface area (Å²) in [6, 6.07) is 13.7. The topological polar surface area (TPSA) is 78.0 Å². The normalized spacial score (nSPS) is 16.2. The maximum Gasteiger partial charge on any atom is 0.258 e. The molecule has 2 heterocycles. The molecule has 1 atom stereocenters. The van der Waals surface area contributed by atoms with Crippen LogP contribution in [0.4, 0.5) is 0 Å². The smallest absolute Gasteiger partial charge is 0.258 e. The van der Waals surface area contributed by atoms with E-state index in [4.69, 9.17) is 11.6 Å². The van der Waals surface area contributed by atoms with Gasteiger partial charge in [-0.15, -0.1) is 12.4 Å². The zero-order chi connectivity index (χ0) is 20.2. The summed E-state index contributed by atoms with van der Waals surface area (Å²) in [4.78, 5) is 19.7. The third-order valence-corrected chi connectivity index (χ3v) is 5.74. The number of hydrogen-bond donors (Lipinski definition) is 3. The van der Waals surface area contributed by atoms with Gasteiger partial charge >= 0.3 is 0 Å². The molecule has 1 aromatic heterocycles. The van der Waals surface area contributed by atoms with Crippen LogP contribution in [0.5, 0.6) is 0 Å². The van der Waals surface area contributed by atoms with Crippen molar-refractivity contribution in [2.75, 3.05) is 6.54 Å². The van der Waals surface area contributed by atoms with Crippen LogP contribution in [-0.2, 0) is 13.0 Å². The molecule has 3 N–H and O–H groups in total. The molecule has 2 aromatic carbocycles. The minimum atomic E-state index is -0.139. The number of aromatic amines is 1. The fourth-order valence-electron chi connectivity index (χ4n) is 3.84. The number of hydrogen-bond acceptors (Lipinski definition) is 4. The summed E-state index contributed by atoms with van der Waals surface area (Å²) in [6.07, 6.45) is 5.82. The van der Waals surface area contributed by atoms with Crippen molar-refractivity contribution in [2.24, 2.45) is 0 Å². The van der Waals surface area contributed by atoms with Crippen molar-refractivity contribution in [1.82, 2.24) is 15.3 Å². The number of para-hydroxylation sites is 1. The van der Waals surface area contributed by atoms with E-state index in [-0.39, 0.29) is 24.6 Å². The molecule has 30 heavy (non-hydrogen) atoms. The second kappa shape index (κ2) is 10.2. The van der Waals surface area contributed by atoms with Gasteiger partial charge in [-0.25, -0.2) is 4.98 Å². The Bertz CT molecular complexity index is 1090. The molecule has 1 aliphatic heterocycles. The molecule has 4 rings (SSSR count). The second-order valence-electron chi connectivity index (χ2n) is 7.43. The molecule has 0 radical (unpaired) electrons. The molecule has 1 unspecified atom stereocenters. The van der Waals surface area contributed by atoms with E-state index in [0.717, 1.165) is 31.4 Å². The van der Waals surface area contributed by atoms with E-state index in [2.05, 4.69) is 33.5 Å².